The van der Waals surface area contributed by atoms with E-state index in [2.05, 4.69) is 0 Å². The molecule has 0 amide bonds. The summed E-state index contributed by atoms with van der Waals surface area (Å²) in [5, 5.41) is 17.1. The van der Waals surface area contributed by atoms with Crippen molar-refractivity contribution in [2.24, 2.45) is 0 Å². The van der Waals surface area contributed by atoms with Crippen molar-refractivity contribution in [3.05, 3.63) is 41.0 Å². The third kappa shape index (κ3) is 2.30. The van der Waals surface area contributed by atoms with Crippen LogP contribution in [0, 0.1) is 22.7 Å². The monoisotopic (exact) mass is 182 g/mol. The Labute approximate surface area is 81.5 Å². The number of hydrogen-bond acceptors (Lipinski definition) is 3. The van der Waals surface area contributed by atoms with Crippen LogP contribution in [0.1, 0.15) is 11.1 Å². The van der Waals surface area contributed by atoms with Gasteiger partial charge in [0.2, 0.25) is 0 Å². The van der Waals surface area contributed by atoms with E-state index in [-0.39, 0.29) is 5.57 Å². The molecule has 0 aliphatic rings. The van der Waals surface area contributed by atoms with Gasteiger partial charge in [-0.3, -0.25) is 4.79 Å². The van der Waals surface area contributed by atoms with Crippen molar-refractivity contribution in [2.75, 3.05) is 0 Å². The number of carbonyl (C=O) groups is 1. The molecule has 0 saturated carbocycles. The molecule has 0 radical (unpaired) electrons. The molecule has 0 fully saturated rings. The number of benzene rings is 1. The number of nitrogens with zero attached hydrogens (tertiary/aromatic N) is 2. The maximum Gasteiger partial charge on any atom is 0.160 e. The summed E-state index contributed by atoms with van der Waals surface area (Å²) in [5.74, 6) is 0. The molecule has 1 aromatic carbocycles. The van der Waals surface area contributed by atoms with Crippen molar-refractivity contribution in [2.45, 2.75) is 0 Å². The van der Waals surface area contributed by atoms with Gasteiger partial charge in [0.05, 0.1) is 17.2 Å². The van der Waals surface area contributed by atoms with Crippen molar-refractivity contribution in [1.82, 2.24) is 0 Å². The van der Waals surface area contributed by atoms with Gasteiger partial charge in [0.1, 0.15) is 6.07 Å². The van der Waals surface area contributed by atoms with Crippen LogP contribution in [0.3, 0.4) is 0 Å². The lowest BCUT2D eigenvalue weighted by atomic mass is 10.1. The third-order valence-electron chi connectivity index (χ3n) is 1.59. The number of allylic oxidation sites excluding steroid dienone is 1. The number of nitriles is 2. The van der Waals surface area contributed by atoms with E-state index in [1.54, 1.807) is 30.3 Å². The minimum absolute atomic E-state index is 0.0417. The summed E-state index contributed by atoms with van der Waals surface area (Å²) in [6.07, 6.45) is 1.92. The Bertz CT molecular complexity index is 461. The molecule has 0 heterocycles. The molecular formula is C11H6N2O. The molecule has 3 nitrogen and oxygen atoms in total. The van der Waals surface area contributed by atoms with Gasteiger partial charge < -0.3 is 0 Å². The number of hydrogen-bond donors (Lipinski definition) is 0. The quantitative estimate of drug-likeness (QED) is 0.397. The lowest BCUT2D eigenvalue weighted by molar-refractivity contribution is -0.104. The molecule has 1 aromatic rings. The van der Waals surface area contributed by atoms with E-state index >= 15 is 0 Å². The van der Waals surface area contributed by atoms with Crippen molar-refractivity contribution >= 4 is 12.4 Å². The normalized spacial score (nSPS) is 10.0. The van der Waals surface area contributed by atoms with Crippen LogP contribution in [0.25, 0.3) is 6.08 Å². The average molecular weight is 182 g/mol. The highest BCUT2D eigenvalue weighted by molar-refractivity contribution is 5.86. The fourth-order valence-corrected chi connectivity index (χ4v) is 0.970. The van der Waals surface area contributed by atoms with Crippen molar-refractivity contribution in [3.63, 3.8) is 0 Å². The van der Waals surface area contributed by atoms with Gasteiger partial charge in [0, 0.05) is 0 Å². The summed E-state index contributed by atoms with van der Waals surface area (Å²) in [6, 6.07) is 10.4. The van der Waals surface area contributed by atoms with E-state index in [4.69, 9.17) is 10.5 Å². The topological polar surface area (TPSA) is 64.7 Å². The van der Waals surface area contributed by atoms with Gasteiger partial charge in [-0.2, -0.15) is 10.5 Å². The summed E-state index contributed by atoms with van der Waals surface area (Å²) in [6.45, 7) is 0. The summed E-state index contributed by atoms with van der Waals surface area (Å²) in [7, 11) is 0. The van der Waals surface area contributed by atoms with Gasteiger partial charge in [-0.1, -0.05) is 12.1 Å². The standard InChI is InChI=1S/C11H6N2O/c12-6-10-3-1-2-9(4-10)5-11(7-13)8-14/h1-5,8H/b11-5+. The molecule has 1 rings (SSSR count). The van der Waals surface area contributed by atoms with Crippen LogP contribution in [0.2, 0.25) is 0 Å². The molecular weight excluding hydrogens is 176 g/mol. The molecule has 66 valence electrons. The Morgan fingerprint density at radius 3 is 2.71 bits per heavy atom. The van der Waals surface area contributed by atoms with E-state index in [1.807, 2.05) is 6.07 Å². The number of carbonyl (C=O) groups excluding carboxylic acids is 1. The highest BCUT2D eigenvalue weighted by atomic mass is 16.1. The molecule has 3 heteroatoms. The lowest BCUT2D eigenvalue weighted by Crippen LogP contribution is -1.81. The van der Waals surface area contributed by atoms with Gasteiger partial charge in [-0.15, -0.1) is 0 Å². The second-order valence-corrected chi connectivity index (χ2v) is 2.57. The Hall–Kier alpha value is -2.39. The maximum absolute atomic E-state index is 10.3. The van der Waals surface area contributed by atoms with E-state index in [0.29, 0.717) is 17.4 Å². The van der Waals surface area contributed by atoms with Gasteiger partial charge in [-0.05, 0) is 23.8 Å². The summed E-state index contributed by atoms with van der Waals surface area (Å²) in [4.78, 5) is 10.3. The highest BCUT2D eigenvalue weighted by Crippen LogP contribution is 2.07. The predicted octanol–water partition coefficient (Wildman–Crippen LogP) is 1.66. The molecule has 0 N–H and O–H groups in total. The highest BCUT2D eigenvalue weighted by Gasteiger charge is 1.95. The number of rotatable bonds is 2. The first-order chi connectivity index (χ1) is 6.80. The van der Waals surface area contributed by atoms with Gasteiger partial charge in [-0.25, -0.2) is 0 Å². The molecule has 0 unspecified atom stereocenters. The van der Waals surface area contributed by atoms with Gasteiger partial charge >= 0.3 is 0 Å². The Balaban J connectivity index is 3.11. The first-order valence-corrected chi connectivity index (χ1v) is 3.87. The minimum atomic E-state index is 0.0417. The first kappa shape index (κ1) is 9.70. The molecule has 0 saturated heterocycles. The Morgan fingerprint density at radius 2 is 2.14 bits per heavy atom. The third-order valence-corrected chi connectivity index (χ3v) is 1.59. The van der Waals surface area contributed by atoms with E-state index < -0.39 is 0 Å². The molecule has 14 heavy (non-hydrogen) atoms. The van der Waals surface area contributed by atoms with Crippen LogP contribution >= 0.6 is 0 Å². The van der Waals surface area contributed by atoms with Crippen LogP contribution in [0.5, 0.6) is 0 Å². The molecule has 0 spiro atoms. The summed E-state index contributed by atoms with van der Waals surface area (Å²) < 4.78 is 0. The van der Waals surface area contributed by atoms with Crippen LogP contribution in [0.15, 0.2) is 29.8 Å². The van der Waals surface area contributed by atoms with Gasteiger partial charge in [0.15, 0.2) is 6.29 Å². The smallest absolute Gasteiger partial charge is 0.160 e. The summed E-state index contributed by atoms with van der Waals surface area (Å²) in [5.41, 5.74) is 1.22. The van der Waals surface area contributed by atoms with Crippen LogP contribution in [0.4, 0.5) is 0 Å². The van der Waals surface area contributed by atoms with E-state index in [1.165, 1.54) is 6.08 Å². The average Bonchev–Trinajstić information content (AvgIpc) is 2.26. The summed E-state index contributed by atoms with van der Waals surface area (Å²) >= 11 is 0. The Morgan fingerprint density at radius 1 is 1.36 bits per heavy atom. The zero-order chi connectivity index (χ0) is 10.4. The lowest BCUT2D eigenvalue weighted by Gasteiger charge is -1.93. The van der Waals surface area contributed by atoms with Crippen LogP contribution in [-0.4, -0.2) is 6.29 Å². The predicted molar refractivity (Wildman–Crippen MR) is 50.8 cm³/mol. The largest absolute Gasteiger partial charge is 0.297 e. The minimum Gasteiger partial charge on any atom is -0.297 e. The Kier molecular flexibility index (Phi) is 3.18. The van der Waals surface area contributed by atoms with E-state index in [0.717, 1.165) is 0 Å². The molecule has 0 bridgehead atoms. The first-order valence-electron chi connectivity index (χ1n) is 3.87. The second-order valence-electron chi connectivity index (χ2n) is 2.57. The fraction of sp³-hybridized carbons (Fsp3) is 0. The van der Waals surface area contributed by atoms with Crippen molar-refractivity contribution < 1.29 is 4.79 Å². The molecule has 0 aromatic heterocycles. The fourth-order valence-electron chi connectivity index (χ4n) is 0.970. The van der Waals surface area contributed by atoms with Crippen LogP contribution < -0.4 is 0 Å². The van der Waals surface area contributed by atoms with Crippen LogP contribution in [-0.2, 0) is 4.79 Å². The van der Waals surface area contributed by atoms with Crippen molar-refractivity contribution in [1.29, 1.82) is 10.5 Å². The molecule has 0 aliphatic carbocycles. The van der Waals surface area contributed by atoms with Gasteiger partial charge in [0.25, 0.3) is 0 Å². The van der Waals surface area contributed by atoms with Crippen molar-refractivity contribution in [3.8, 4) is 12.1 Å². The molecule has 0 aliphatic heterocycles. The zero-order valence-corrected chi connectivity index (χ0v) is 7.27. The second kappa shape index (κ2) is 4.59. The molecule has 0 atom stereocenters. The zero-order valence-electron chi connectivity index (χ0n) is 7.27. The number of aldehydes is 1. The SMILES string of the molecule is N#C/C(C=O)=C\c1cccc(C#N)c1. The maximum atomic E-state index is 10.3. The van der Waals surface area contributed by atoms with E-state index in [9.17, 15) is 4.79 Å².